The zero-order chi connectivity index (χ0) is 25.2. The number of ether oxygens (including phenoxy) is 1. The maximum Gasteiger partial charge on any atom is 0.296 e. The molecule has 0 radical (unpaired) electrons. The molecule has 0 amide bonds. The molecule has 2 atom stereocenters. The van der Waals surface area contributed by atoms with E-state index in [1.807, 2.05) is 13.8 Å². The van der Waals surface area contributed by atoms with Crippen LogP contribution >= 0.6 is 0 Å². The normalized spacial score (nSPS) is 21.6. The predicted molar refractivity (Wildman–Crippen MR) is 132 cm³/mol. The van der Waals surface area contributed by atoms with Gasteiger partial charge in [0.2, 0.25) is 17.8 Å². The Morgan fingerprint density at radius 1 is 0.972 bits per heavy atom. The summed E-state index contributed by atoms with van der Waals surface area (Å²) in [5.74, 6) is 0.643. The summed E-state index contributed by atoms with van der Waals surface area (Å²) in [6.07, 6.45) is -2.08. The van der Waals surface area contributed by atoms with E-state index in [1.165, 1.54) is 4.57 Å². The first kappa shape index (κ1) is 24.7. The first-order valence-corrected chi connectivity index (χ1v) is 12.4. The summed E-state index contributed by atoms with van der Waals surface area (Å²) in [6, 6.07) is 7.02. The highest BCUT2D eigenvalue weighted by atomic mass is 19.3. The van der Waals surface area contributed by atoms with Crippen molar-refractivity contribution in [1.29, 1.82) is 0 Å². The van der Waals surface area contributed by atoms with Crippen molar-refractivity contribution in [2.75, 3.05) is 62.3 Å². The molecule has 3 aromatic rings. The molecule has 2 aliphatic rings. The number of morpholine rings is 1. The number of aliphatic hydroxyl groups excluding tert-OH is 1. The van der Waals surface area contributed by atoms with Crippen molar-refractivity contribution in [3.63, 3.8) is 0 Å². The lowest BCUT2D eigenvalue weighted by atomic mass is 10.1. The Kier molecular flexibility index (Phi) is 7.26. The molecule has 0 spiro atoms. The van der Waals surface area contributed by atoms with Crippen LogP contribution in [-0.4, -0.2) is 99.1 Å². The largest absolute Gasteiger partial charge is 0.396 e. The van der Waals surface area contributed by atoms with Crippen molar-refractivity contribution in [3.05, 3.63) is 30.1 Å². The number of aromatic nitrogens is 5. The topological polar surface area (TPSA) is 95.7 Å². The Bertz CT molecular complexity index is 1180. The molecular formula is C24H32F2N8O2. The van der Waals surface area contributed by atoms with Gasteiger partial charge in [-0.2, -0.15) is 15.0 Å². The molecular weight excluding hydrogens is 470 g/mol. The van der Waals surface area contributed by atoms with Crippen LogP contribution < -0.4 is 9.80 Å². The third-order valence-corrected chi connectivity index (χ3v) is 7.01. The maximum absolute atomic E-state index is 14.1. The van der Waals surface area contributed by atoms with E-state index in [0.29, 0.717) is 49.2 Å². The Labute approximate surface area is 208 Å². The van der Waals surface area contributed by atoms with Gasteiger partial charge in [0.1, 0.15) is 0 Å². The van der Waals surface area contributed by atoms with E-state index in [2.05, 4.69) is 19.7 Å². The van der Waals surface area contributed by atoms with Gasteiger partial charge in [0.05, 0.1) is 29.8 Å². The molecule has 4 heterocycles. The van der Waals surface area contributed by atoms with Crippen molar-refractivity contribution in [2.45, 2.75) is 38.8 Å². The number of para-hydroxylation sites is 2. The zero-order valence-corrected chi connectivity index (χ0v) is 20.6. The van der Waals surface area contributed by atoms with E-state index < -0.39 is 12.2 Å². The molecule has 5 rings (SSSR count). The van der Waals surface area contributed by atoms with E-state index in [1.54, 1.807) is 24.3 Å². The number of nitrogens with zero attached hydrogens (tertiary/aromatic N) is 8. The Balaban J connectivity index is 1.57. The van der Waals surface area contributed by atoms with E-state index in [0.717, 1.165) is 26.1 Å². The van der Waals surface area contributed by atoms with Crippen LogP contribution in [0.1, 0.15) is 32.5 Å². The highest BCUT2D eigenvalue weighted by molar-refractivity contribution is 5.77. The van der Waals surface area contributed by atoms with Gasteiger partial charge >= 0.3 is 0 Å². The molecule has 10 nitrogen and oxygen atoms in total. The number of alkyl halides is 2. The van der Waals surface area contributed by atoms with Crippen LogP contribution in [-0.2, 0) is 4.74 Å². The van der Waals surface area contributed by atoms with Gasteiger partial charge < -0.3 is 19.6 Å². The summed E-state index contributed by atoms with van der Waals surface area (Å²) in [7, 11) is 0. The minimum Gasteiger partial charge on any atom is -0.396 e. The number of fused-ring (bicyclic) bond motifs is 1. The van der Waals surface area contributed by atoms with Gasteiger partial charge in [-0.05, 0) is 32.4 Å². The lowest BCUT2D eigenvalue weighted by Gasteiger charge is -2.38. The lowest BCUT2D eigenvalue weighted by molar-refractivity contribution is 0.0277. The van der Waals surface area contributed by atoms with Gasteiger partial charge in [0, 0.05) is 45.9 Å². The molecule has 12 heteroatoms. The molecule has 0 unspecified atom stereocenters. The van der Waals surface area contributed by atoms with Crippen molar-refractivity contribution < 1.29 is 18.6 Å². The first-order chi connectivity index (χ1) is 17.5. The van der Waals surface area contributed by atoms with Crippen molar-refractivity contribution in [2.24, 2.45) is 0 Å². The molecule has 0 aliphatic carbocycles. The number of benzene rings is 1. The number of anilines is 2. The number of rotatable bonds is 7. The first-order valence-electron chi connectivity index (χ1n) is 12.4. The maximum atomic E-state index is 14.1. The SMILES string of the molecule is C[C@@H]1OCCN(c2nc(N3CCN(CCCO)CC3)nc(-n3c(C(F)F)nc4ccccc43)n2)[C@@H]1C. The second-order valence-corrected chi connectivity index (χ2v) is 9.25. The summed E-state index contributed by atoms with van der Waals surface area (Å²) in [5.41, 5.74) is 0.982. The number of aliphatic hydroxyl groups is 1. The Morgan fingerprint density at radius 3 is 2.44 bits per heavy atom. The fraction of sp³-hybridized carbons (Fsp3) is 0.583. The van der Waals surface area contributed by atoms with Gasteiger partial charge in [-0.25, -0.2) is 13.8 Å². The Morgan fingerprint density at radius 2 is 1.69 bits per heavy atom. The van der Waals surface area contributed by atoms with Crippen LogP contribution in [0.5, 0.6) is 0 Å². The van der Waals surface area contributed by atoms with Crippen LogP contribution in [0.3, 0.4) is 0 Å². The van der Waals surface area contributed by atoms with Gasteiger partial charge in [-0.3, -0.25) is 9.47 Å². The number of halogens is 2. The van der Waals surface area contributed by atoms with Crippen molar-refractivity contribution in [3.8, 4) is 5.95 Å². The molecule has 36 heavy (non-hydrogen) atoms. The second-order valence-electron chi connectivity index (χ2n) is 9.25. The highest BCUT2D eigenvalue weighted by Gasteiger charge is 2.31. The van der Waals surface area contributed by atoms with E-state index in [4.69, 9.17) is 24.8 Å². The summed E-state index contributed by atoms with van der Waals surface area (Å²) >= 11 is 0. The highest BCUT2D eigenvalue weighted by Crippen LogP contribution is 2.29. The fourth-order valence-electron chi connectivity index (χ4n) is 4.80. The summed E-state index contributed by atoms with van der Waals surface area (Å²) in [6.45, 7) is 9.16. The Hall–Kier alpha value is -2.96. The quantitative estimate of drug-likeness (QED) is 0.522. The smallest absolute Gasteiger partial charge is 0.296 e. The average Bonchev–Trinajstić information content (AvgIpc) is 3.29. The summed E-state index contributed by atoms with van der Waals surface area (Å²) in [4.78, 5) is 24.8. The van der Waals surface area contributed by atoms with Crippen molar-refractivity contribution in [1.82, 2.24) is 29.4 Å². The monoisotopic (exact) mass is 502 g/mol. The standard InChI is InChI=1S/C24H32F2N8O2/c1-16-17(2)36-15-13-33(16)23-28-22(32-11-9-31(10-12-32)8-5-14-35)29-24(30-23)34-19-7-4-3-6-18(19)27-21(34)20(25)26/h3-4,6-7,16-17,20,35H,5,8-15H2,1-2H3/t16-,17+/m1/s1. The van der Waals surface area contributed by atoms with E-state index in [9.17, 15) is 8.78 Å². The van der Waals surface area contributed by atoms with Gasteiger partial charge in [0.15, 0.2) is 5.82 Å². The molecule has 2 saturated heterocycles. The van der Waals surface area contributed by atoms with Crippen LogP contribution in [0, 0.1) is 0 Å². The number of piperazine rings is 1. The second kappa shape index (κ2) is 10.6. The van der Waals surface area contributed by atoms with Crippen LogP contribution in [0.15, 0.2) is 24.3 Å². The summed E-state index contributed by atoms with van der Waals surface area (Å²) < 4.78 is 35.3. The molecule has 2 aliphatic heterocycles. The molecule has 0 saturated carbocycles. The molecule has 0 bridgehead atoms. The molecule has 1 N–H and O–H groups in total. The fourth-order valence-corrected chi connectivity index (χ4v) is 4.80. The van der Waals surface area contributed by atoms with Crippen LogP contribution in [0.4, 0.5) is 20.7 Å². The zero-order valence-electron chi connectivity index (χ0n) is 20.6. The van der Waals surface area contributed by atoms with Crippen molar-refractivity contribution >= 4 is 22.9 Å². The minimum absolute atomic E-state index is 0.00581. The predicted octanol–water partition coefficient (Wildman–Crippen LogP) is 2.27. The van der Waals surface area contributed by atoms with E-state index >= 15 is 0 Å². The third-order valence-electron chi connectivity index (χ3n) is 7.01. The summed E-state index contributed by atoms with van der Waals surface area (Å²) in [5, 5.41) is 9.14. The van der Waals surface area contributed by atoms with Gasteiger partial charge in [0.25, 0.3) is 6.43 Å². The average molecular weight is 503 g/mol. The third kappa shape index (κ3) is 4.84. The van der Waals surface area contributed by atoms with Gasteiger partial charge in [-0.15, -0.1) is 0 Å². The molecule has 1 aromatic carbocycles. The lowest BCUT2D eigenvalue weighted by Crippen LogP contribution is -2.50. The minimum atomic E-state index is -2.79. The van der Waals surface area contributed by atoms with Gasteiger partial charge in [-0.1, -0.05) is 12.1 Å². The molecule has 194 valence electrons. The number of hydrogen-bond acceptors (Lipinski definition) is 9. The number of imidazole rings is 1. The number of hydrogen-bond donors (Lipinski definition) is 1. The molecule has 2 aromatic heterocycles. The van der Waals surface area contributed by atoms with E-state index in [-0.39, 0.29) is 24.7 Å². The molecule has 2 fully saturated rings. The van der Waals surface area contributed by atoms with Crippen LogP contribution in [0.25, 0.3) is 17.0 Å². The van der Waals surface area contributed by atoms with Crippen LogP contribution in [0.2, 0.25) is 0 Å².